The minimum Gasteiger partial charge on any atom is -0.384 e. The molecule has 3 N–H and O–H groups in total. The summed E-state index contributed by atoms with van der Waals surface area (Å²) in [5, 5.41) is 7.54. The summed E-state index contributed by atoms with van der Waals surface area (Å²) >= 11 is 0. The molecule has 1 saturated heterocycles. The topological polar surface area (TPSA) is 56.4 Å². The van der Waals surface area contributed by atoms with Crippen LogP contribution < -0.4 is 10.6 Å². The van der Waals surface area contributed by atoms with Crippen LogP contribution in [0.5, 0.6) is 0 Å². The molecule has 1 aromatic rings. The second kappa shape index (κ2) is 6.02. The Kier molecular flexibility index (Phi) is 4.37. The van der Waals surface area contributed by atoms with Gasteiger partial charge >= 0.3 is 0 Å². The Morgan fingerprint density at radius 2 is 2.00 bits per heavy atom. The molecule has 0 saturated carbocycles. The maximum Gasteiger partial charge on any atom is 0.136 e. The van der Waals surface area contributed by atoms with Crippen molar-refractivity contribution in [3.8, 4) is 0 Å². The van der Waals surface area contributed by atoms with E-state index >= 15 is 0 Å². The van der Waals surface area contributed by atoms with Gasteiger partial charge in [0.05, 0.1) is 11.3 Å². The van der Waals surface area contributed by atoms with Crippen LogP contribution in [0.4, 0.5) is 10.1 Å². The quantitative estimate of drug-likeness (QED) is 0.642. The van der Waals surface area contributed by atoms with Gasteiger partial charge in [0.1, 0.15) is 11.7 Å². The molecule has 1 aliphatic heterocycles. The van der Waals surface area contributed by atoms with E-state index in [-0.39, 0.29) is 11.4 Å². The molecular formula is C14H21FN4. The molecule has 1 fully saturated rings. The zero-order valence-electron chi connectivity index (χ0n) is 11.3. The third-order valence-corrected chi connectivity index (χ3v) is 3.51. The van der Waals surface area contributed by atoms with E-state index in [4.69, 9.17) is 11.1 Å². The summed E-state index contributed by atoms with van der Waals surface area (Å²) in [4.78, 5) is 4.52. The van der Waals surface area contributed by atoms with Crippen molar-refractivity contribution in [1.82, 2.24) is 4.90 Å². The summed E-state index contributed by atoms with van der Waals surface area (Å²) in [6.07, 6.45) is 1.15. The standard InChI is InChI=1S/C14H21FN4/c1-2-6-18-7-9-19(10-8-18)12-5-3-4-11(15)13(12)14(16)17/h3-5H,2,6-10H2,1H3,(H3,16,17). The van der Waals surface area contributed by atoms with E-state index in [9.17, 15) is 4.39 Å². The van der Waals surface area contributed by atoms with Crippen molar-refractivity contribution in [2.24, 2.45) is 5.73 Å². The molecule has 0 bridgehead atoms. The number of nitrogen functional groups attached to an aromatic ring is 1. The number of amidine groups is 1. The van der Waals surface area contributed by atoms with E-state index in [1.54, 1.807) is 6.07 Å². The van der Waals surface area contributed by atoms with Gasteiger partial charge in [-0.25, -0.2) is 4.39 Å². The minimum atomic E-state index is -0.416. The smallest absolute Gasteiger partial charge is 0.136 e. The van der Waals surface area contributed by atoms with Crippen LogP contribution in [0.3, 0.4) is 0 Å². The van der Waals surface area contributed by atoms with Crippen molar-refractivity contribution in [2.45, 2.75) is 13.3 Å². The number of anilines is 1. The third-order valence-electron chi connectivity index (χ3n) is 3.51. The van der Waals surface area contributed by atoms with Crippen LogP contribution in [0.1, 0.15) is 18.9 Å². The third kappa shape index (κ3) is 3.04. The van der Waals surface area contributed by atoms with E-state index in [0.29, 0.717) is 0 Å². The summed E-state index contributed by atoms with van der Waals surface area (Å²) in [6.45, 7) is 6.93. The fourth-order valence-electron chi connectivity index (χ4n) is 2.57. The van der Waals surface area contributed by atoms with Crippen molar-refractivity contribution in [2.75, 3.05) is 37.6 Å². The van der Waals surface area contributed by atoms with Crippen molar-refractivity contribution >= 4 is 11.5 Å². The molecule has 0 radical (unpaired) electrons. The van der Waals surface area contributed by atoms with Crippen molar-refractivity contribution in [3.05, 3.63) is 29.6 Å². The Morgan fingerprint density at radius 1 is 1.32 bits per heavy atom. The summed E-state index contributed by atoms with van der Waals surface area (Å²) in [5.74, 6) is -0.620. The summed E-state index contributed by atoms with van der Waals surface area (Å²) in [7, 11) is 0. The van der Waals surface area contributed by atoms with Crippen molar-refractivity contribution in [3.63, 3.8) is 0 Å². The maximum atomic E-state index is 13.8. The van der Waals surface area contributed by atoms with E-state index in [0.717, 1.165) is 44.8 Å². The van der Waals surface area contributed by atoms with Crippen LogP contribution in [0.15, 0.2) is 18.2 Å². The van der Waals surface area contributed by atoms with Crippen LogP contribution in [0, 0.1) is 11.2 Å². The number of halogens is 1. The van der Waals surface area contributed by atoms with Gasteiger partial charge in [-0.1, -0.05) is 13.0 Å². The van der Waals surface area contributed by atoms with Crippen LogP contribution in [0.25, 0.3) is 0 Å². The van der Waals surface area contributed by atoms with Gasteiger partial charge in [0.15, 0.2) is 0 Å². The molecule has 1 heterocycles. The molecule has 2 rings (SSSR count). The molecule has 4 nitrogen and oxygen atoms in total. The summed E-state index contributed by atoms with van der Waals surface area (Å²) < 4.78 is 13.8. The number of nitrogens with two attached hydrogens (primary N) is 1. The highest BCUT2D eigenvalue weighted by Gasteiger charge is 2.21. The maximum absolute atomic E-state index is 13.8. The normalized spacial score (nSPS) is 16.6. The molecule has 0 amide bonds. The number of rotatable bonds is 4. The zero-order chi connectivity index (χ0) is 13.8. The Bertz CT molecular complexity index is 453. The molecule has 19 heavy (non-hydrogen) atoms. The van der Waals surface area contributed by atoms with Crippen LogP contribution in [-0.2, 0) is 0 Å². The largest absolute Gasteiger partial charge is 0.384 e. The van der Waals surface area contributed by atoms with Gasteiger partial charge in [-0.05, 0) is 25.1 Å². The average molecular weight is 264 g/mol. The Labute approximate surface area is 113 Å². The lowest BCUT2D eigenvalue weighted by Gasteiger charge is -2.36. The SMILES string of the molecule is CCCN1CCN(c2cccc(F)c2C(=N)N)CC1. The Balaban J connectivity index is 2.15. The first-order valence-electron chi connectivity index (χ1n) is 6.73. The molecule has 1 aromatic carbocycles. The second-order valence-corrected chi connectivity index (χ2v) is 4.88. The molecule has 0 aliphatic carbocycles. The number of hydrogen-bond donors (Lipinski definition) is 2. The van der Waals surface area contributed by atoms with Crippen LogP contribution >= 0.6 is 0 Å². The number of nitrogens with one attached hydrogen (secondary N) is 1. The molecular weight excluding hydrogens is 243 g/mol. The molecule has 5 heteroatoms. The Hall–Kier alpha value is -1.62. The van der Waals surface area contributed by atoms with Gasteiger partial charge in [0.25, 0.3) is 0 Å². The van der Waals surface area contributed by atoms with Gasteiger partial charge < -0.3 is 10.6 Å². The predicted molar refractivity (Wildman–Crippen MR) is 76.4 cm³/mol. The lowest BCUT2D eigenvalue weighted by atomic mass is 10.1. The van der Waals surface area contributed by atoms with E-state index in [1.807, 2.05) is 6.07 Å². The van der Waals surface area contributed by atoms with Gasteiger partial charge in [0.2, 0.25) is 0 Å². The van der Waals surface area contributed by atoms with Crippen molar-refractivity contribution < 1.29 is 4.39 Å². The Morgan fingerprint density at radius 3 is 2.58 bits per heavy atom. The lowest BCUT2D eigenvalue weighted by molar-refractivity contribution is 0.258. The van der Waals surface area contributed by atoms with E-state index in [2.05, 4.69) is 16.7 Å². The fourth-order valence-corrected chi connectivity index (χ4v) is 2.57. The summed E-state index contributed by atoms with van der Waals surface area (Å²) in [6, 6.07) is 4.87. The predicted octanol–water partition coefficient (Wildman–Crippen LogP) is 1.64. The molecule has 0 atom stereocenters. The first-order valence-corrected chi connectivity index (χ1v) is 6.73. The van der Waals surface area contributed by atoms with Crippen LogP contribution in [-0.4, -0.2) is 43.5 Å². The highest BCUT2D eigenvalue weighted by atomic mass is 19.1. The first kappa shape index (κ1) is 13.8. The molecule has 0 spiro atoms. The lowest BCUT2D eigenvalue weighted by Crippen LogP contribution is -2.47. The summed E-state index contributed by atoms with van der Waals surface area (Å²) in [5.41, 5.74) is 6.47. The highest BCUT2D eigenvalue weighted by Crippen LogP contribution is 2.24. The first-order chi connectivity index (χ1) is 9.13. The van der Waals surface area contributed by atoms with Crippen molar-refractivity contribution in [1.29, 1.82) is 5.41 Å². The fraction of sp³-hybridized carbons (Fsp3) is 0.500. The number of piperazine rings is 1. The molecule has 0 unspecified atom stereocenters. The van der Waals surface area contributed by atoms with Gasteiger partial charge in [0, 0.05) is 26.2 Å². The van der Waals surface area contributed by atoms with Gasteiger partial charge in [-0.15, -0.1) is 0 Å². The number of hydrogen-bond acceptors (Lipinski definition) is 3. The minimum absolute atomic E-state index is 0.205. The zero-order valence-corrected chi connectivity index (χ0v) is 11.3. The van der Waals surface area contributed by atoms with Gasteiger partial charge in [-0.2, -0.15) is 0 Å². The average Bonchev–Trinajstić information content (AvgIpc) is 2.39. The van der Waals surface area contributed by atoms with Gasteiger partial charge in [-0.3, -0.25) is 10.3 Å². The monoisotopic (exact) mass is 264 g/mol. The molecule has 1 aliphatic rings. The highest BCUT2D eigenvalue weighted by molar-refractivity contribution is 6.00. The van der Waals surface area contributed by atoms with E-state index < -0.39 is 5.82 Å². The molecule has 104 valence electrons. The number of benzene rings is 1. The van der Waals surface area contributed by atoms with E-state index in [1.165, 1.54) is 6.07 Å². The second-order valence-electron chi connectivity index (χ2n) is 4.88. The number of nitrogens with zero attached hydrogens (tertiary/aromatic N) is 2. The molecule has 0 aromatic heterocycles. The van der Waals surface area contributed by atoms with Crippen LogP contribution in [0.2, 0.25) is 0 Å².